The van der Waals surface area contributed by atoms with E-state index in [1.807, 2.05) is 25.3 Å². The van der Waals surface area contributed by atoms with Gasteiger partial charge in [-0.3, -0.25) is 4.98 Å². The first kappa shape index (κ1) is 8.48. The van der Waals surface area contributed by atoms with Gasteiger partial charge in [-0.25, -0.2) is 0 Å². The highest BCUT2D eigenvalue weighted by Gasteiger charge is 2.09. The maximum atomic E-state index is 5.78. The van der Waals surface area contributed by atoms with Crippen LogP contribution in [0.15, 0.2) is 34.9 Å². The second-order valence-corrected chi connectivity index (χ2v) is 3.91. The van der Waals surface area contributed by atoms with Gasteiger partial charge in [0.15, 0.2) is 5.58 Å². The average Bonchev–Trinajstić information content (AvgIpc) is 2.58. The number of furan rings is 1. The summed E-state index contributed by atoms with van der Waals surface area (Å²) in [5.74, 6) is 0. The van der Waals surface area contributed by atoms with E-state index in [0.717, 1.165) is 27.6 Å². The maximum absolute atomic E-state index is 5.78. The Morgan fingerprint density at radius 3 is 2.87 bits per heavy atom. The Labute approximate surface area is 87.5 Å². The number of aromatic nitrogens is 1. The first-order chi connectivity index (χ1) is 7.25. The molecule has 3 aromatic rings. The summed E-state index contributed by atoms with van der Waals surface area (Å²) < 4.78 is 5.78. The van der Waals surface area contributed by atoms with Gasteiger partial charge in [-0.1, -0.05) is 11.6 Å². The van der Waals surface area contributed by atoms with Crippen molar-refractivity contribution < 1.29 is 4.42 Å². The van der Waals surface area contributed by atoms with Gasteiger partial charge >= 0.3 is 0 Å². The fourth-order valence-corrected chi connectivity index (χ4v) is 1.89. The van der Waals surface area contributed by atoms with E-state index in [1.54, 1.807) is 0 Å². The average molecular weight is 197 g/mol. The van der Waals surface area contributed by atoms with Crippen LogP contribution in [0.4, 0.5) is 0 Å². The summed E-state index contributed by atoms with van der Waals surface area (Å²) in [6.45, 7) is 4.12. The van der Waals surface area contributed by atoms with E-state index in [2.05, 4.69) is 24.0 Å². The number of benzene rings is 1. The summed E-state index contributed by atoms with van der Waals surface area (Å²) in [6.07, 6.45) is 1.83. The summed E-state index contributed by atoms with van der Waals surface area (Å²) in [6, 6.07) is 8.15. The molecule has 0 saturated carbocycles. The lowest BCUT2D eigenvalue weighted by Crippen LogP contribution is -1.77. The molecule has 74 valence electrons. The third kappa shape index (κ3) is 1.14. The zero-order valence-corrected chi connectivity index (χ0v) is 8.74. The molecule has 0 spiro atoms. The van der Waals surface area contributed by atoms with E-state index < -0.39 is 0 Å². The van der Waals surface area contributed by atoms with Crippen molar-refractivity contribution in [1.29, 1.82) is 0 Å². The van der Waals surface area contributed by atoms with Crippen LogP contribution in [0.25, 0.3) is 22.1 Å². The lowest BCUT2D eigenvalue weighted by molar-refractivity contribution is 0.665. The fraction of sp³-hybridized carbons (Fsp3) is 0.154. The van der Waals surface area contributed by atoms with Crippen LogP contribution < -0.4 is 0 Å². The summed E-state index contributed by atoms with van der Waals surface area (Å²) in [5.41, 5.74) is 5.14. The molecule has 0 fully saturated rings. The largest absolute Gasteiger partial charge is 0.454 e. The summed E-state index contributed by atoms with van der Waals surface area (Å²) in [4.78, 5) is 4.38. The standard InChI is InChI=1S/C13H11NO/c1-8-3-4-11-10(7-8)12-13(15-11)9(2)5-6-14-12/h3-7H,1-2H3. The predicted molar refractivity (Wildman–Crippen MR) is 61.0 cm³/mol. The normalized spacial score (nSPS) is 11.3. The lowest BCUT2D eigenvalue weighted by Gasteiger charge is -1.91. The SMILES string of the molecule is Cc1ccc2oc3c(C)ccnc3c2c1. The molecular formula is C13H11NO. The fourth-order valence-electron chi connectivity index (χ4n) is 1.89. The van der Waals surface area contributed by atoms with Crippen molar-refractivity contribution in [2.24, 2.45) is 0 Å². The number of pyridine rings is 1. The van der Waals surface area contributed by atoms with Crippen LogP contribution in [0.5, 0.6) is 0 Å². The molecule has 0 aliphatic heterocycles. The van der Waals surface area contributed by atoms with E-state index in [9.17, 15) is 0 Å². The van der Waals surface area contributed by atoms with Crippen LogP contribution in [0.2, 0.25) is 0 Å². The zero-order chi connectivity index (χ0) is 10.4. The molecule has 0 aliphatic carbocycles. The minimum atomic E-state index is 0.901. The molecule has 2 aromatic heterocycles. The molecule has 1 aromatic carbocycles. The molecule has 0 atom stereocenters. The molecule has 0 bridgehead atoms. The molecule has 3 rings (SSSR count). The molecular weight excluding hydrogens is 186 g/mol. The first-order valence-electron chi connectivity index (χ1n) is 5.00. The highest BCUT2D eigenvalue weighted by molar-refractivity contribution is 6.03. The molecule has 2 nitrogen and oxygen atoms in total. The summed E-state index contributed by atoms with van der Waals surface area (Å²) >= 11 is 0. The van der Waals surface area contributed by atoms with E-state index in [1.165, 1.54) is 5.56 Å². The zero-order valence-electron chi connectivity index (χ0n) is 8.74. The van der Waals surface area contributed by atoms with Gasteiger partial charge < -0.3 is 4.42 Å². The van der Waals surface area contributed by atoms with Crippen molar-refractivity contribution in [3.63, 3.8) is 0 Å². The summed E-state index contributed by atoms with van der Waals surface area (Å²) in [5, 5.41) is 1.11. The van der Waals surface area contributed by atoms with Crippen molar-refractivity contribution in [3.05, 3.63) is 41.6 Å². The van der Waals surface area contributed by atoms with Crippen LogP contribution in [-0.2, 0) is 0 Å². The smallest absolute Gasteiger partial charge is 0.156 e. The van der Waals surface area contributed by atoms with Crippen molar-refractivity contribution in [1.82, 2.24) is 4.98 Å². The van der Waals surface area contributed by atoms with Crippen molar-refractivity contribution >= 4 is 22.1 Å². The van der Waals surface area contributed by atoms with Crippen molar-refractivity contribution in [2.45, 2.75) is 13.8 Å². The molecule has 2 heteroatoms. The van der Waals surface area contributed by atoms with Gasteiger partial charge in [0.1, 0.15) is 11.1 Å². The maximum Gasteiger partial charge on any atom is 0.156 e. The molecule has 2 heterocycles. The number of fused-ring (bicyclic) bond motifs is 3. The van der Waals surface area contributed by atoms with E-state index in [-0.39, 0.29) is 0 Å². The van der Waals surface area contributed by atoms with Gasteiger partial charge in [-0.05, 0) is 37.6 Å². The molecule has 15 heavy (non-hydrogen) atoms. The first-order valence-corrected chi connectivity index (χ1v) is 5.00. The molecule has 0 amide bonds. The third-order valence-corrected chi connectivity index (χ3v) is 2.70. The van der Waals surface area contributed by atoms with Crippen molar-refractivity contribution in [2.75, 3.05) is 0 Å². The molecule has 0 saturated heterocycles. The quantitative estimate of drug-likeness (QED) is 0.550. The van der Waals surface area contributed by atoms with Gasteiger partial charge in [0.05, 0.1) is 0 Å². The van der Waals surface area contributed by atoms with Crippen LogP contribution in [0, 0.1) is 13.8 Å². The minimum absolute atomic E-state index is 0.901. The highest BCUT2D eigenvalue weighted by Crippen LogP contribution is 2.29. The van der Waals surface area contributed by atoms with E-state index in [0.29, 0.717) is 0 Å². The molecule has 0 aliphatic rings. The number of hydrogen-bond acceptors (Lipinski definition) is 2. The van der Waals surface area contributed by atoms with Crippen molar-refractivity contribution in [3.8, 4) is 0 Å². The minimum Gasteiger partial charge on any atom is -0.454 e. The Balaban J connectivity index is 2.58. The van der Waals surface area contributed by atoms with Gasteiger partial charge in [0.2, 0.25) is 0 Å². The number of aryl methyl sites for hydroxylation is 2. The van der Waals surface area contributed by atoms with Gasteiger partial charge in [-0.15, -0.1) is 0 Å². The Hall–Kier alpha value is -1.83. The molecule has 0 N–H and O–H groups in total. The van der Waals surface area contributed by atoms with Crippen LogP contribution in [0.3, 0.4) is 0 Å². The Kier molecular flexibility index (Phi) is 1.60. The van der Waals surface area contributed by atoms with Crippen LogP contribution >= 0.6 is 0 Å². The predicted octanol–water partition coefficient (Wildman–Crippen LogP) is 3.60. The van der Waals surface area contributed by atoms with Gasteiger partial charge in [0.25, 0.3) is 0 Å². The number of nitrogens with zero attached hydrogens (tertiary/aromatic N) is 1. The summed E-state index contributed by atoms with van der Waals surface area (Å²) in [7, 11) is 0. The van der Waals surface area contributed by atoms with E-state index >= 15 is 0 Å². The third-order valence-electron chi connectivity index (χ3n) is 2.70. The Morgan fingerprint density at radius 1 is 1.13 bits per heavy atom. The molecule has 0 unspecified atom stereocenters. The molecule has 0 radical (unpaired) electrons. The van der Waals surface area contributed by atoms with E-state index in [4.69, 9.17) is 4.42 Å². The topological polar surface area (TPSA) is 26.0 Å². The van der Waals surface area contributed by atoms with Crippen LogP contribution in [-0.4, -0.2) is 4.98 Å². The van der Waals surface area contributed by atoms with Gasteiger partial charge in [-0.2, -0.15) is 0 Å². The Morgan fingerprint density at radius 2 is 2.00 bits per heavy atom. The monoisotopic (exact) mass is 197 g/mol. The number of rotatable bonds is 0. The second kappa shape index (κ2) is 2.83. The van der Waals surface area contributed by atoms with Gasteiger partial charge in [0, 0.05) is 11.6 Å². The van der Waals surface area contributed by atoms with Crippen LogP contribution in [0.1, 0.15) is 11.1 Å². The second-order valence-electron chi connectivity index (χ2n) is 3.91. The lowest BCUT2D eigenvalue weighted by atomic mass is 10.1. The Bertz CT molecular complexity index is 652. The number of hydrogen-bond donors (Lipinski definition) is 0. The highest BCUT2D eigenvalue weighted by atomic mass is 16.3.